The average molecular weight is 444 g/mol. The molecule has 0 aliphatic heterocycles. The Kier molecular flexibility index (Phi) is 8.99. The van der Waals surface area contributed by atoms with Crippen LogP contribution in [0, 0.1) is 0 Å². The smallest absolute Gasteiger partial charge is 0.404 e. The number of nitrogens with zero attached hydrogens (tertiary/aromatic N) is 2. The molecule has 0 saturated carbocycles. The van der Waals surface area contributed by atoms with Gasteiger partial charge in [0.25, 0.3) is 0 Å². The van der Waals surface area contributed by atoms with Gasteiger partial charge >= 0.3 is 6.09 Å². The van der Waals surface area contributed by atoms with Crippen molar-refractivity contribution in [2.75, 3.05) is 0 Å². The van der Waals surface area contributed by atoms with Gasteiger partial charge in [0.15, 0.2) is 6.61 Å². The summed E-state index contributed by atoms with van der Waals surface area (Å²) in [5, 5.41) is 2.20. The van der Waals surface area contributed by atoms with Gasteiger partial charge in [-0.2, -0.15) is 0 Å². The van der Waals surface area contributed by atoms with Crippen LogP contribution in [0.2, 0.25) is 10.0 Å². The van der Waals surface area contributed by atoms with Crippen LogP contribution >= 0.6 is 35.0 Å². The molecule has 2 rings (SSSR count). The van der Waals surface area contributed by atoms with Gasteiger partial charge in [-0.15, -0.1) is 0 Å². The molecule has 154 valence electrons. The SMILES string of the molecule is CCCCCCn1c(COC(N)=O)nc(C(C)C)c1Sc1cc(Cl)cc(Cl)c1. The van der Waals surface area contributed by atoms with Gasteiger partial charge in [-0.25, -0.2) is 9.78 Å². The minimum atomic E-state index is -0.803. The van der Waals surface area contributed by atoms with Crippen molar-refractivity contribution < 1.29 is 9.53 Å². The molecular formula is C20H27Cl2N3O2S. The van der Waals surface area contributed by atoms with Gasteiger partial charge in [-0.1, -0.05) is 75.0 Å². The van der Waals surface area contributed by atoms with Crippen LogP contribution in [0.1, 0.15) is 63.9 Å². The maximum atomic E-state index is 11.1. The highest BCUT2D eigenvalue weighted by molar-refractivity contribution is 7.99. The maximum Gasteiger partial charge on any atom is 0.404 e. The fourth-order valence-electron chi connectivity index (χ4n) is 2.86. The number of ether oxygens (including phenoxy) is 1. The van der Waals surface area contributed by atoms with Crippen molar-refractivity contribution in [3.8, 4) is 0 Å². The predicted molar refractivity (Wildman–Crippen MR) is 115 cm³/mol. The molecule has 0 atom stereocenters. The second-order valence-electron chi connectivity index (χ2n) is 6.90. The zero-order chi connectivity index (χ0) is 20.7. The number of imidazole rings is 1. The Morgan fingerprint density at radius 1 is 1.21 bits per heavy atom. The average Bonchev–Trinajstić information content (AvgIpc) is 2.94. The van der Waals surface area contributed by atoms with Crippen molar-refractivity contribution in [2.45, 2.75) is 75.4 Å². The maximum absolute atomic E-state index is 11.1. The monoisotopic (exact) mass is 443 g/mol. The third-order valence-electron chi connectivity index (χ3n) is 4.20. The number of benzene rings is 1. The molecule has 2 aromatic rings. The van der Waals surface area contributed by atoms with E-state index in [9.17, 15) is 4.79 Å². The first-order chi connectivity index (χ1) is 13.3. The van der Waals surface area contributed by atoms with Gasteiger partial charge in [-0.05, 0) is 30.5 Å². The van der Waals surface area contributed by atoms with Gasteiger partial charge in [-0.3, -0.25) is 0 Å². The van der Waals surface area contributed by atoms with E-state index in [0.717, 1.165) is 35.0 Å². The molecule has 0 aliphatic rings. The van der Waals surface area contributed by atoms with Crippen LogP contribution in [0.25, 0.3) is 0 Å². The number of unbranched alkanes of at least 4 members (excludes halogenated alkanes) is 3. The molecule has 1 heterocycles. The summed E-state index contributed by atoms with van der Waals surface area (Å²) in [4.78, 5) is 16.8. The third kappa shape index (κ3) is 6.61. The van der Waals surface area contributed by atoms with Gasteiger partial charge in [0.1, 0.15) is 10.9 Å². The Balaban J connectivity index is 2.40. The quantitative estimate of drug-likeness (QED) is 0.417. The van der Waals surface area contributed by atoms with E-state index in [1.807, 2.05) is 12.1 Å². The molecule has 0 aliphatic carbocycles. The van der Waals surface area contributed by atoms with Crippen molar-refractivity contribution in [3.05, 3.63) is 39.8 Å². The zero-order valence-electron chi connectivity index (χ0n) is 16.5. The van der Waals surface area contributed by atoms with Crippen molar-refractivity contribution in [1.82, 2.24) is 9.55 Å². The van der Waals surface area contributed by atoms with E-state index in [1.165, 1.54) is 12.8 Å². The Labute approximate surface area is 180 Å². The minimum Gasteiger partial charge on any atom is -0.442 e. The van der Waals surface area contributed by atoms with Gasteiger partial charge in [0, 0.05) is 21.5 Å². The number of carbonyl (C=O) groups excluding carboxylic acids is 1. The highest BCUT2D eigenvalue weighted by Crippen LogP contribution is 2.37. The molecule has 0 unspecified atom stereocenters. The molecule has 0 saturated heterocycles. The van der Waals surface area contributed by atoms with Crippen LogP contribution < -0.4 is 5.73 Å². The Bertz CT molecular complexity index is 789. The van der Waals surface area contributed by atoms with Gasteiger partial charge in [0.05, 0.1) is 5.69 Å². The first-order valence-electron chi connectivity index (χ1n) is 9.47. The van der Waals surface area contributed by atoms with E-state index in [2.05, 4.69) is 25.3 Å². The van der Waals surface area contributed by atoms with Crippen LogP contribution in [0.15, 0.2) is 28.1 Å². The van der Waals surface area contributed by atoms with Crippen molar-refractivity contribution in [2.24, 2.45) is 5.73 Å². The number of halogens is 2. The lowest BCUT2D eigenvalue weighted by molar-refractivity contribution is 0.145. The molecule has 1 amide bonds. The van der Waals surface area contributed by atoms with Crippen LogP contribution in [0.5, 0.6) is 0 Å². The Hall–Kier alpha value is -1.37. The van der Waals surface area contributed by atoms with Crippen LogP contribution in [-0.4, -0.2) is 15.6 Å². The fraction of sp³-hybridized carbons (Fsp3) is 0.500. The summed E-state index contributed by atoms with van der Waals surface area (Å²) in [5.41, 5.74) is 6.12. The molecule has 0 bridgehead atoms. The highest BCUT2D eigenvalue weighted by Gasteiger charge is 2.21. The van der Waals surface area contributed by atoms with Gasteiger partial charge < -0.3 is 15.0 Å². The molecule has 1 aromatic heterocycles. The Morgan fingerprint density at radius 3 is 2.46 bits per heavy atom. The molecule has 0 spiro atoms. The molecule has 0 radical (unpaired) electrons. The van der Waals surface area contributed by atoms with E-state index in [-0.39, 0.29) is 12.5 Å². The van der Waals surface area contributed by atoms with Crippen LogP contribution in [-0.2, 0) is 17.9 Å². The van der Waals surface area contributed by atoms with E-state index < -0.39 is 6.09 Å². The lowest BCUT2D eigenvalue weighted by atomic mass is 10.1. The van der Waals surface area contributed by atoms with E-state index in [0.29, 0.717) is 15.9 Å². The summed E-state index contributed by atoms with van der Waals surface area (Å²) < 4.78 is 7.17. The number of aromatic nitrogens is 2. The molecule has 5 nitrogen and oxygen atoms in total. The summed E-state index contributed by atoms with van der Waals surface area (Å²) in [6, 6.07) is 5.48. The zero-order valence-corrected chi connectivity index (χ0v) is 18.8. The molecule has 1 aromatic carbocycles. The van der Waals surface area contributed by atoms with Crippen LogP contribution in [0.4, 0.5) is 4.79 Å². The number of hydrogen-bond donors (Lipinski definition) is 1. The molecule has 8 heteroatoms. The molecule has 28 heavy (non-hydrogen) atoms. The predicted octanol–water partition coefficient (Wildman–Crippen LogP) is 6.64. The third-order valence-corrected chi connectivity index (χ3v) is 5.73. The largest absolute Gasteiger partial charge is 0.442 e. The number of rotatable bonds is 10. The number of carbonyl (C=O) groups is 1. The first-order valence-corrected chi connectivity index (χ1v) is 11.0. The second kappa shape index (κ2) is 11.0. The minimum absolute atomic E-state index is 0.0553. The van der Waals surface area contributed by atoms with Crippen molar-refractivity contribution in [1.29, 1.82) is 0 Å². The Morgan fingerprint density at radius 2 is 1.89 bits per heavy atom. The normalized spacial score (nSPS) is 11.2. The number of amides is 1. The summed E-state index contributed by atoms with van der Waals surface area (Å²) in [5.74, 6) is 0.913. The number of primary amides is 1. The lowest BCUT2D eigenvalue weighted by Gasteiger charge is -2.13. The van der Waals surface area contributed by atoms with Gasteiger partial charge in [0.2, 0.25) is 0 Å². The van der Waals surface area contributed by atoms with E-state index >= 15 is 0 Å². The van der Waals surface area contributed by atoms with E-state index in [4.69, 9.17) is 38.7 Å². The topological polar surface area (TPSA) is 70.1 Å². The van der Waals surface area contributed by atoms with Crippen molar-refractivity contribution >= 4 is 41.1 Å². The molecular weight excluding hydrogens is 417 g/mol. The molecule has 2 N–H and O–H groups in total. The van der Waals surface area contributed by atoms with Crippen LogP contribution in [0.3, 0.4) is 0 Å². The summed E-state index contributed by atoms with van der Waals surface area (Å²) in [7, 11) is 0. The summed E-state index contributed by atoms with van der Waals surface area (Å²) >= 11 is 13.9. The van der Waals surface area contributed by atoms with Crippen molar-refractivity contribution in [3.63, 3.8) is 0 Å². The summed E-state index contributed by atoms with van der Waals surface area (Å²) in [6.45, 7) is 7.23. The van der Waals surface area contributed by atoms with E-state index in [1.54, 1.807) is 17.8 Å². The number of nitrogens with two attached hydrogens (primary N) is 1. The highest BCUT2D eigenvalue weighted by atomic mass is 35.5. The standard InChI is InChI=1S/C20H27Cl2N3O2S/c1-4-5-6-7-8-25-17(12-27-20(23)26)24-18(13(2)3)19(25)28-16-10-14(21)9-15(22)11-16/h9-11,13H,4-8,12H2,1-3H3,(H2,23,26). The lowest BCUT2D eigenvalue weighted by Crippen LogP contribution is -2.15. The molecule has 0 fully saturated rings. The number of hydrogen-bond acceptors (Lipinski definition) is 4. The first kappa shape index (κ1) is 22.9. The fourth-order valence-corrected chi connectivity index (χ4v) is 4.80. The second-order valence-corrected chi connectivity index (χ2v) is 8.84. The summed E-state index contributed by atoms with van der Waals surface area (Å²) in [6.07, 6.45) is 3.71.